The predicted octanol–water partition coefficient (Wildman–Crippen LogP) is 3.52. The van der Waals surface area contributed by atoms with E-state index in [0.717, 1.165) is 19.6 Å². The normalized spacial score (nSPS) is 22.3. The van der Waals surface area contributed by atoms with Crippen molar-refractivity contribution < 1.29 is 5.11 Å². The minimum Gasteiger partial charge on any atom is -0.508 e. The van der Waals surface area contributed by atoms with E-state index in [1.54, 1.807) is 6.07 Å². The summed E-state index contributed by atoms with van der Waals surface area (Å²) in [4.78, 5) is 2.61. The molecule has 2 N–H and O–H groups in total. The number of hydrogen-bond acceptors (Lipinski definition) is 3. The molecule has 1 atom stereocenters. The van der Waals surface area contributed by atoms with E-state index in [0.29, 0.717) is 11.8 Å². The highest BCUT2D eigenvalue weighted by Gasteiger charge is 2.36. The molecule has 0 aliphatic carbocycles. The summed E-state index contributed by atoms with van der Waals surface area (Å²) in [6.45, 7) is 9.93. The second-order valence-electron chi connectivity index (χ2n) is 6.39. The van der Waals surface area contributed by atoms with E-state index < -0.39 is 0 Å². The Labute approximate surface area is 129 Å². The molecule has 2 rings (SSSR count). The molecular formula is C18H30N2O. The van der Waals surface area contributed by atoms with Crippen molar-refractivity contribution in [1.29, 1.82) is 0 Å². The van der Waals surface area contributed by atoms with E-state index >= 15 is 0 Å². The molecule has 3 nitrogen and oxygen atoms in total. The van der Waals surface area contributed by atoms with Gasteiger partial charge in [0.25, 0.3) is 0 Å². The summed E-state index contributed by atoms with van der Waals surface area (Å²) >= 11 is 0. The predicted molar refractivity (Wildman–Crippen MR) is 88.5 cm³/mol. The molecule has 0 amide bonds. The van der Waals surface area contributed by atoms with Crippen LogP contribution >= 0.6 is 0 Å². The van der Waals surface area contributed by atoms with Crippen molar-refractivity contribution in [2.45, 2.75) is 64.6 Å². The van der Waals surface area contributed by atoms with Gasteiger partial charge in [0.15, 0.2) is 0 Å². The molecule has 1 saturated heterocycles. The molecule has 1 fully saturated rings. The van der Waals surface area contributed by atoms with Crippen LogP contribution in [0.15, 0.2) is 24.3 Å². The van der Waals surface area contributed by atoms with Crippen molar-refractivity contribution >= 4 is 0 Å². The number of benzene rings is 1. The summed E-state index contributed by atoms with van der Waals surface area (Å²) in [7, 11) is 0. The van der Waals surface area contributed by atoms with E-state index in [-0.39, 0.29) is 5.54 Å². The Morgan fingerprint density at radius 3 is 2.67 bits per heavy atom. The largest absolute Gasteiger partial charge is 0.508 e. The fraction of sp³-hybridized carbons (Fsp3) is 0.667. The number of rotatable bonds is 6. The summed E-state index contributed by atoms with van der Waals surface area (Å²) in [5.74, 6) is 0.368. The van der Waals surface area contributed by atoms with Gasteiger partial charge in [-0.05, 0) is 37.0 Å². The molecule has 0 aromatic heterocycles. The SMILES string of the molecule is CCCC1CNC(CC)(CC)CN1Cc1cccc(O)c1. The minimum atomic E-state index is 0.251. The number of hydrogen-bond donors (Lipinski definition) is 2. The lowest BCUT2D eigenvalue weighted by molar-refractivity contribution is 0.0616. The van der Waals surface area contributed by atoms with Gasteiger partial charge in [0, 0.05) is 31.2 Å². The highest BCUT2D eigenvalue weighted by molar-refractivity contribution is 5.27. The van der Waals surface area contributed by atoms with Crippen LogP contribution in [0, 0.1) is 0 Å². The molecule has 1 aliphatic rings. The van der Waals surface area contributed by atoms with Crippen molar-refractivity contribution in [1.82, 2.24) is 10.2 Å². The smallest absolute Gasteiger partial charge is 0.115 e. The number of nitrogens with zero attached hydrogens (tertiary/aromatic N) is 1. The van der Waals surface area contributed by atoms with E-state index in [4.69, 9.17) is 0 Å². The maximum Gasteiger partial charge on any atom is 0.115 e. The number of phenolic OH excluding ortho intramolecular Hbond substituents is 1. The monoisotopic (exact) mass is 290 g/mol. The first kappa shape index (κ1) is 16.3. The van der Waals surface area contributed by atoms with Gasteiger partial charge < -0.3 is 10.4 Å². The van der Waals surface area contributed by atoms with Gasteiger partial charge in [0.05, 0.1) is 0 Å². The zero-order chi connectivity index (χ0) is 15.3. The van der Waals surface area contributed by atoms with Crippen molar-refractivity contribution in [3.8, 4) is 5.75 Å². The van der Waals surface area contributed by atoms with Crippen molar-refractivity contribution in [3.63, 3.8) is 0 Å². The summed E-state index contributed by atoms with van der Waals surface area (Å²) in [6.07, 6.45) is 4.78. The molecule has 1 aromatic rings. The molecule has 3 heteroatoms. The Kier molecular flexibility index (Phi) is 5.65. The Balaban J connectivity index is 2.13. The fourth-order valence-corrected chi connectivity index (χ4v) is 3.45. The Morgan fingerprint density at radius 2 is 2.05 bits per heavy atom. The van der Waals surface area contributed by atoms with Gasteiger partial charge >= 0.3 is 0 Å². The minimum absolute atomic E-state index is 0.251. The average Bonchev–Trinajstić information content (AvgIpc) is 2.49. The van der Waals surface area contributed by atoms with Gasteiger partial charge in [-0.3, -0.25) is 4.90 Å². The Hall–Kier alpha value is -1.06. The summed E-state index contributed by atoms with van der Waals surface area (Å²) < 4.78 is 0. The van der Waals surface area contributed by atoms with Crippen LogP contribution in [0.4, 0.5) is 0 Å². The second kappa shape index (κ2) is 7.28. The van der Waals surface area contributed by atoms with Gasteiger partial charge in [-0.25, -0.2) is 0 Å². The molecule has 1 aromatic carbocycles. The van der Waals surface area contributed by atoms with Crippen LogP contribution in [0.1, 0.15) is 52.0 Å². The fourth-order valence-electron chi connectivity index (χ4n) is 3.45. The lowest BCUT2D eigenvalue weighted by Gasteiger charge is -2.47. The Bertz CT molecular complexity index is 443. The molecule has 1 aliphatic heterocycles. The van der Waals surface area contributed by atoms with Gasteiger partial charge in [-0.15, -0.1) is 0 Å². The molecule has 0 radical (unpaired) electrons. The standard InChI is InChI=1S/C18H30N2O/c1-4-8-16-12-19-18(5-2,6-3)14-20(16)13-15-9-7-10-17(21)11-15/h7,9-11,16,19,21H,4-6,8,12-14H2,1-3H3. The number of nitrogens with one attached hydrogen (secondary N) is 1. The maximum atomic E-state index is 9.68. The van der Waals surface area contributed by atoms with Crippen molar-refractivity contribution in [2.24, 2.45) is 0 Å². The lowest BCUT2D eigenvalue weighted by Crippen LogP contribution is -2.63. The molecule has 0 bridgehead atoms. The first-order valence-corrected chi connectivity index (χ1v) is 8.39. The van der Waals surface area contributed by atoms with Crippen molar-refractivity contribution in [3.05, 3.63) is 29.8 Å². The molecule has 118 valence electrons. The quantitative estimate of drug-likeness (QED) is 0.841. The number of aromatic hydroxyl groups is 1. The van der Waals surface area contributed by atoms with Crippen LogP contribution in [0.25, 0.3) is 0 Å². The maximum absolute atomic E-state index is 9.68. The molecule has 1 heterocycles. The zero-order valence-corrected chi connectivity index (χ0v) is 13.7. The molecule has 1 unspecified atom stereocenters. The molecular weight excluding hydrogens is 260 g/mol. The van der Waals surface area contributed by atoms with Crippen LogP contribution < -0.4 is 5.32 Å². The zero-order valence-electron chi connectivity index (χ0n) is 13.7. The van der Waals surface area contributed by atoms with E-state index in [9.17, 15) is 5.11 Å². The van der Waals surface area contributed by atoms with Crippen LogP contribution in [-0.4, -0.2) is 34.7 Å². The van der Waals surface area contributed by atoms with Crippen LogP contribution in [-0.2, 0) is 6.54 Å². The highest BCUT2D eigenvalue weighted by Crippen LogP contribution is 2.26. The van der Waals surface area contributed by atoms with Gasteiger partial charge in [-0.1, -0.05) is 39.3 Å². The molecule has 0 saturated carbocycles. The van der Waals surface area contributed by atoms with Crippen LogP contribution in [0.5, 0.6) is 5.75 Å². The third kappa shape index (κ3) is 3.98. The molecule has 21 heavy (non-hydrogen) atoms. The Morgan fingerprint density at radius 1 is 1.29 bits per heavy atom. The van der Waals surface area contributed by atoms with E-state index in [2.05, 4.69) is 37.1 Å². The van der Waals surface area contributed by atoms with Crippen molar-refractivity contribution in [2.75, 3.05) is 13.1 Å². The highest BCUT2D eigenvalue weighted by atomic mass is 16.3. The number of piperazine rings is 1. The first-order valence-electron chi connectivity index (χ1n) is 8.39. The van der Waals surface area contributed by atoms with E-state index in [1.165, 1.54) is 31.2 Å². The first-order chi connectivity index (χ1) is 10.1. The van der Waals surface area contributed by atoms with Gasteiger partial charge in [0.1, 0.15) is 5.75 Å². The summed E-state index contributed by atoms with van der Waals surface area (Å²) in [6, 6.07) is 8.29. The van der Waals surface area contributed by atoms with Gasteiger partial charge in [0.2, 0.25) is 0 Å². The number of phenols is 1. The average molecular weight is 290 g/mol. The molecule has 0 spiro atoms. The second-order valence-corrected chi connectivity index (χ2v) is 6.39. The topological polar surface area (TPSA) is 35.5 Å². The van der Waals surface area contributed by atoms with Gasteiger partial charge in [-0.2, -0.15) is 0 Å². The van der Waals surface area contributed by atoms with Crippen LogP contribution in [0.2, 0.25) is 0 Å². The third-order valence-electron chi connectivity index (χ3n) is 5.01. The summed E-state index contributed by atoms with van der Waals surface area (Å²) in [5.41, 5.74) is 1.46. The lowest BCUT2D eigenvalue weighted by atomic mass is 9.87. The van der Waals surface area contributed by atoms with E-state index in [1.807, 2.05) is 12.1 Å². The third-order valence-corrected chi connectivity index (χ3v) is 5.01. The summed E-state index contributed by atoms with van der Waals surface area (Å²) in [5, 5.41) is 13.5. The van der Waals surface area contributed by atoms with Crippen LogP contribution in [0.3, 0.4) is 0 Å².